The molecule has 1 amide bonds. The molecule has 1 N–H and O–H groups in total. The van der Waals surface area contributed by atoms with Gasteiger partial charge in [0.05, 0.1) is 6.61 Å². The Morgan fingerprint density at radius 3 is 2.50 bits per heavy atom. The number of rotatable bonds is 9. The van der Waals surface area contributed by atoms with E-state index in [0.717, 1.165) is 12.5 Å². The van der Waals surface area contributed by atoms with E-state index in [1.165, 1.54) is 23.8 Å². The van der Waals surface area contributed by atoms with Crippen LogP contribution in [0.2, 0.25) is 0 Å². The third-order valence-electron chi connectivity index (χ3n) is 3.42. The summed E-state index contributed by atoms with van der Waals surface area (Å²) in [7, 11) is 0. The molecule has 2 aromatic carbocycles. The van der Waals surface area contributed by atoms with Gasteiger partial charge in [-0.25, -0.2) is 0 Å². The van der Waals surface area contributed by atoms with Gasteiger partial charge < -0.3 is 14.8 Å². The number of benzene rings is 2. The SMILES string of the molecule is O=C(CCCOCCc1ccccc1)Nc1cccc(OC(F)(F)F)c1. The maximum Gasteiger partial charge on any atom is 0.573 e. The summed E-state index contributed by atoms with van der Waals surface area (Å²) in [6, 6.07) is 15.1. The van der Waals surface area contributed by atoms with E-state index < -0.39 is 6.36 Å². The number of hydrogen-bond acceptors (Lipinski definition) is 3. The summed E-state index contributed by atoms with van der Waals surface area (Å²) in [5, 5.41) is 2.54. The third kappa shape index (κ3) is 8.02. The summed E-state index contributed by atoms with van der Waals surface area (Å²) in [5.74, 6) is -0.666. The van der Waals surface area contributed by atoms with Crippen LogP contribution in [0, 0.1) is 0 Å². The van der Waals surface area contributed by atoms with Crippen molar-refractivity contribution in [3.05, 3.63) is 60.2 Å². The highest BCUT2D eigenvalue weighted by Gasteiger charge is 2.31. The second kappa shape index (κ2) is 9.82. The largest absolute Gasteiger partial charge is 0.573 e. The maximum atomic E-state index is 12.2. The van der Waals surface area contributed by atoms with Crippen molar-refractivity contribution in [3.63, 3.8) is 0 Å². The Kier molecular flexibility index (Phi) is 7.47. The molecule has 2 aromatic rings. The van der Waals surface area contributed by atoms with Crippen LogP contribution in [0.5, 0.6) is 5.75 Å². The van der Waals surface area contributed by atoms with Gasteiger partial charge in [0.25, 0.3) is 0 Å². The summed E-state index contributed by atoms with van der Waals surface area (Å²) in [5.41, 5.74) is 1.44. The highest BCUT2D eigenvalue weighted by molar-refractivity contribution is 5.90. The van der Waals surface area contributed by atoms with Gasteiger partial charge in [-0.15, -0.1) is 13.2 Å². The van der Waals surface area contributed by atoms with Gasteiger partial charge in [0.15, 0.2) is 0 Å². The van der Waals surface area contributed by atoms with Crippen molar-refractivity contribution < 1.29 is 27.4 Å². The number of carbonyl (C=O) groups excluding carboxylic acids is 1. The minimum absolute atomic E-state index is 0.218. The first-order valence-electron chi connectivity index (χ1n) is 8.20. The molecular formula is C19H20F3NO3. The lowest BCUT2D eigenvalue weighted by molar-refractivity contribution is -0.274. The Hall–Kier alpha value is -2.54. The van der Waals surface area contributed by atoms with E-state index in [2.05, 4.69) is 10.1 Å². The number of ether oxygens (including phenoxy) is 2. The Bertz CT molecular complexity index is 690. The molecule has 0 aliphatic rings. The van der Waals surface area contributed by atoms with Crippen LogP contribution in [0.25, 0.3) is 0 Å². The molecule has 0 radical (unpaired) electrons. The lowest BCUT2D eigenvalue weighted by Gasteiger charge is -2.10. The predicted molar refractivity (Wildman–Crippen MR) is 92.0 cm³/mol. The summed E-state index contributed by atoms with van der Waals surface area (Å²) in [6.07, 6.45) is -3.21. The number of nitrogens with one attached hydrogen (secondary N) is 1. The molecule has 0 saturated carbocycles. The minimum Gasteiger partial charge on any atom is -0.406 e. The number of anilines is 1. The fourth-order valence-electron chi connectivity index (χ4n) is 2.27. The van der Waals surface area contributed by atoms with E-state index in [4.69, 9.17) is 4.74 Å². The second-order valence-electron chi connectivity index (χ2n) is 5.58. The molecule has 0 aromatic heterocycles. The lowest BCUT2D eigenvalue weighted by Crippen LogP contribution is -2.17. The second-order valence-corrected chi connectivity index (χ2v) is 5.58. The van der Waals surface area contributed by atoms with Crippen LogP contribution in [0.3, 0.4) is 0 Å². The smallest absolute Gasteiger partial charge is 0.406 e. The predicted octanol–water partition coefficient (Wildman–Crippen LogP) is 4.56. The van der Waals surface area contributed by atoms with Crippen molar-refractivity contribution in [2.24, 2.45) is 0 Å². The molecule has 0 atom stereocenters. The van der Waals surface area contributed by atoms with Gasteiger partial charge in [-0.3, -0.25) is 4.79 Å². The van der Waals surface area contributed by atoms with Crippen LogP contribution >= 0.6 is 0 Å². The molecule has 0 heterocycles. The van der Waals surface area contributed by atoms with Crippen LogP contribution in [0.15, 0.2) is 54.6 Å². The molecule has 2 rings (SSSR count). The topological polar surface area (TPSA) is 47.6 Å². The molecule has 26 heavy (non-hydrogen) atoms. The first-order chi connectivity index (χ1) is 12.4. The number of amides is 1. The van der Waals surface area contributed by atoms with Crippen molar-refractivity contribution >= 4 is 11.6 Å². The van der Waals surface area contributed by atoms with Crippen molar-refractivity contribution in [3.8, 4) is 5.75 Å². The van der Waals surface area contributed by atoms with Crippen molar-refractivity contribution in [2.75, 3.05) is 18.5 Å². The van der Waals surface area contributed by atoms with E-state index >= 15 is 0 Å². The van der Waals surface area contributed by atoms with Gasteiger partial charge in [0.2, 0.25) is 5.91 Å². The van der Waals surface area contributed by atoms with Crippen LogP contribution in [0.1, 0.15) is 18.4 Å². The van der Waals surface area contributed by atoms with Crippen LogP contribution in [-0.4, -0.2) is 25.5 Å². The summed E-state index contributed by atoms with van der Waals surface area (Å²) in [6.45, 7) is 1.01. The highest BCUT2D eigenvalue weighted by Crippen LogP contribution is 2.25. The number of hydrogen-bond donors (Lipinski definition) is 1. The fourth-order valence-corrected chi connectivity index (χ4v) is 2.27. The zero-order valence-corrected chi connectivity index (χ0v) is 14.1. The van der Waals surface area contributed by atoms with Gasteiger partial charge in [-0.05, 0) is 30.5 Å². The molecule has 0 bridgehead atoms. The Morgan fingerprint density at radius 1 is 1.00 bits per heavy atom. The van der Waals surface area contributed by atoms with E-state index in [9.17, 15) is 18.0 Å². The van der Waals surface area contributed by atoms with Crippen LogP contribution < -0.4 is 10.1 Å². The van der Waals surface area contributed by atoms with E-state index in [0.29, 0.717) is 19.6 Å². The molecule has 140 valence electrons. The molecular weight excluding hydrogens is 347 g/mol. The van der Waals surface area contributed by atoms with E-state index in [1.807, 2.05) is 30.3 Å². The van der Waals surface area contributed by atoms with E-state index in [1.54, 1.807) is 0 Å². The first kappa shape index (κ1) is 19.8. The molecule has 0 fully saturated rings. The molecule has 4 nitrogen and oxygen atoms in total. The summed E-state index contributed by atoms with van der Waals surface area (Å²) < 4.78 is 45.9. The van der Waals surface area contributed by atoms with Crippen LogP contribution in [-0.2, 0) is 16.0 Å². The normalized spacial score (nSPS) is 11.2. The van der Waals surface area contributed by atoms with E-state index in [-0.39, 0.29) is 23.8 Å². The highest BCUT2D eigenvalue weighted by atomic mass is 19.4. The van der Waals surface area contributed by atoms with Crippen LogP contribution in [0.4, 0.5) is 18.9 Å². The lowest BCUT2D eigenvalue weighted by atomic mass is 10.2. The molecule has 0 aliphatic heterocycles. The third-order valence-corrected chi connectivity index (χ3v) is 3.42. The summed E-state index contributed by atoms with van der Waals surface area (Å²) >= 11 is 0. The average Bonchev–Trinajstić information content (AvgIpc) is 2.57. The van der Waals surface area contributed by atoms with Gasteiger partial charge in [-0.2, -0.15) is 0 Å². The number of carbonyl (C=O) groups is 1. The molecule has 7 heteroatoms. The maximum absolute atomic E-state index is 12.2. The Labute approximate surface area is 149 Å². The quantitative estimate of drug-likeness (QED) is 0.661. The molecule has 0 unspecified atom stereocenters. The molecule has 0 spiro atoms. The van der Waals surface area contributed by atoms with Gasteiger partial charge in [-0.1, -0.05) is 36.4 Å². The van der Waals surface area contributed by atoms with Crippen molar-refractivity contribution in [1.29, 1.82) is 0 Å². The first-order valence-corrected chi connectivity index (χ1v) is 8.20. The zero-order valence-electron chi connectivity index (χ0n) is 14.1. The summed E-state index contributed by atoms with van der Waals surface area (Å²) in [4.78, 5) is 11.8. The van der Waals surface area contributed by atoms with Crippen molar-refractivity contribution in [1.82, 2.24) is 0 Å². The molecule has 0 saturated heterocycles. The number of alkyl halides is 3. The average molecular weight is 367 g/mol. The molecule has 0 aliphatic carbocycles. The van der Waals surface area contributed by atoms with Gasteiger partial charge in [0.1, 0.15) is 5.75 Å². The fraction of sp³-hybridized carbons (Fsp3) is 0.316. The Balaban J connectivity index is 1.63. The van der Waals surface area contributed by atoms with Gasteiger partial charge >= 0.3 is 6.36 Å². The zero-order chi connectivity index (χ0) is 18.8. The monoisotopic (exact) mass is 367 g/mol. The Morgan fingerprint density at radius 2 is 1.77 bits per heavy atom. The van der Waals surface area contributed by atoms with Gasteiger partial charge in [0, 0.05) is 24.8 Å². The minimum atomic E-state index is -4.76. The van der Waals surface area contributed by atoms with Crippen molar-refractivity contribution in [2.45, 2.75) is 25.6 Å². The number of halogens is 3. The standard InChI is InChI=1S/C19H20F3NO3/c20-19(21,22)26-17-9-4-8-16(14-17)23-18(24)10-5-12-25-13-11-15-6-2-1-3-7-15/h1-4,6-9,14H,5,10-13H2,(H,23,24).